The Morgan fingerprint density at radius 1 is 1.23 bits per heavy atom. The zero-order valence-corrected chi connectivity index (χ0v) is 18.4. The highest BCUT2D eigenvalue weighted by Crippen LogP contribution is 2.26. The smallest absolute Gasteiger partial charge is 0.226 e. The van der Waals surface area contributed by atoms with E-state index in [-0.39, 0.29) is 6.10 Å². The first-order valence-corrected chi connectivity index (χ1v) is 10.9. The van der Waals surface area contributed by atoms with Gasteiger partial charge in [0.1, 0.15) is 5.75 Å². The molecule has 0 spiro atoms. The van der Waals surface area contributed by atoms with Crippen LogP contribution in [0.15, 0.2) is 22.4 Å². The van der Waals surface area contributed by atoms with Crippen LogP contribution >= 0.6 is 0 Å². The molecule has 8 heteroatoms. The fourth-order valence-electron chi connectivity index (χ4n) is 3.68. The molecule has 4 N–H and O–H groups in total. The minimum atomic E-state index is 0.281. The number of allylic oxidation sites excluding steroid dienone is 1. The third kappa shape index (κ3) is 5.72. The van der Waals surface area contributed by atoms with Crippen molar-refractivity contribution in [2.24, 2.45) is 11.6 Å². The van der Waals surface area contributed by atoms with Crippen molar-refractivity contribution in [1.29, 1.82) is 0 Å². The number of hydrazine groups is 1. The molecule has 1 fully saturated rings. The minimum absolute atomic E-state index is 0.281. The van der Waals surface area contributed by atoms with Crippen LogP contribution in [0.2, 0.25) is 0 Å². The van der Waals surface area contributed by atoms with Crippen LogP contribution in [-0.2, 0) is 12.8 Å². The molecule has 1 saturated carbocycles. The van der Waals surface area contributed by atoms with E-state index in [1.807, 2.05) is 19.1 Å². The summed E-state index contributed by atoms with van der Waals surface area (Å²) in [5.74, 6) is 8.08. The fourth-order valence-corrected chi connectivity index (χ4v) is 3.68. The lowest BCUT2D eigenvalue weighted by Crippen LogP contribution is -2.29. The summed E-state index contributed by atoms with van der Waals surface area (Å²) in [6, 6.07) is 3.83. The van der Waals surface area contributed by atoms with Gasteiger partial charge in [0.15, 0.2) is 5.82 Å². The lowest BCUT2D eigenvalue weighted by Gasteiger charge is -2.24. The Morgan fingerprint density at radius 3 is 2.67 bits per heavy atom. The fraction of sp³-hybridized carbons (Fsp3) is 0.591. The van der Waals surface area contributed by atoms with Crippen LogP contribution in [0.25, 0.3) is 5.70 Å². The Morgan fingerprint density at radius 2 is 2.00 bits per heavy atom. The number of nitrogens with zero attached hydrogens (tertiary/aromatic N) is 4. The summed E-state index contributed by atoms with van der Waals surface area (Å²) < 4.78 is 11.5. The number of nitrogens with two attached hydrogens (primary N) is 2. The second-order valence-electron chi connectivity index (χ2n) is 8.01. The van der Waals surface area contributed by atoms with Gasteiger partial charge in [-0.2, -0.15) is 4.98 Å². The van der Waals surface area contributed by atoms with E-state index >= 15 is 0 Å². The third-order valence-corrected chi connectivity index (χ3v) is 5.48. The van der Waals surface area contributed by atoms with E-state index in [1.54, 1.807) is 7.05 Å². The molecule has 0 unspecified atom stereocenters. The van der Waals surface area contributed by atoms with Gasteiger partial charge in [-0.05, 0) is 51.2 Å². The topological polar surface area (TPSA) is 116 Å². The van der Waals surface area contributed by atoms with Crippen LogP contribution in [-0.4, -0.2) is 33.3 Å². The second-order valence-corrected chi connectivity index (χ2v) is 8.01. The molecule has 2 aromatic heterocycles. The zero-order chi connectivity index (χ0) is 21.5. The van der Waals surface area contributed by atoms with Gasteiger partial charge in [-0.3, -0.25) is 0 Å². The Labute approximate surface area is 178 Å². The average Bonchev–Trinajstić information content (AvgIpc) is 3.19. The number of hydrogen-bond acceptors (Lipinski definition) is 8. The molecule has 2 heterocycles. The largest absolute Gasteiger partial charge is 0.489 e. The Bertz CT molecular complexity index is 855. The number of hydrogen-bond donors (Lipinski definition) is 2. The second kappa shape index (κ2) is 10.4. The van der Waals surface area contributed by atoms with E-state index in [2.05, 4.69) is 22.0 Å². The van der Waals surface area contributed by atoms with Crippen LogP contribution in [0.5, 0.6) is 5.75 Å². The number of pyridine rings is 1. The van der Waals surface area contributed by atoms with Crippen molar-refractivity contribution in [1.82, 2.24) is 20.1 Å². The molecule has 0 bridgehead atoms. The molecule has 0 saturated heterocycles. The Balaban J connectivity index is 1.76. The monoisotopic (exact) mass is 414 g/mol. The lowest BCUT2D eigenvalue weighted by molar-refractivity contribution is 0.153. The van der Waals surface area contributed by atoms with Crippen LogP contribution in [0.3, 0.4) is 0 Å². The highest BCUT2D eigenvalue weighted by Gasteiger charge is 2.18. The summed E-state index contributed by atoms with van der Waals surface area (Å²) in [6.07, 6.45) is 9.49. The molecule has 8 nitrogen and oxygen atoms in total. The molecule has 0 aliphatic heterocycles. The highest BCUT2D eigenvalue weighted by atomic mass is 16.5. The van der Waals surface area contributed by atoms with Gasteiger partial charge in [0.25, 0.3) is 0 Å². The van der Waals surface area contributed by atoms with E-state index < -0.39 is 0 Å². The predicted octanol–water partition coefficient (Wildman–Crippen LogP) is 3.50. The molecule has 1 aliphatic rings. The molecule has 0 amide bonds. The molecule has 3 rings (SSSR count). The van der Waals surface area contributed by atoms with Crippen molar-refractivity contribution >= 4 is 5.70 Å². The van der Waals surface area contributed by atoms with Gasteiger partial charge in [-0.15, -0.1) is 0 Å². The number of unbranched alkanes of at least 4 members (excludes halogenated alkanes) is 1. The first kappa shape index (κ1) is 22.1. The van der Waals surface area contributed by atoms with Crippen LogP contribution in [0, 0.1) is 6.92 Å². The Kier molecular flexibility index (Phi) is 7.68. The van der Waals surface area contributed by atoms with Crippen molar-refractivity contribution in [3.63, 3.8) is 0 Å². The first-order valence-electron chi connectivity index (χ1n) is 10.9. The van der Waals surface area contributed by atoms with Gasteiger partial charge in [0.2, 0.25) is 5.89 Å². The number of ether oxygens (including phenoxy) is 1. The summed E-state index contributed by atoms with van der Waals surface area (Å²) in [7, 11) is 1.74. The molecule has 2 aromatic rings. The van der Waals surface area contributed by atoms with Gasteiger partial charge in [-0.25, -0.2) is 10.8 Å². The van der Waals surface area contributed by atoms with E-state index in [4.69, 9.17) is 20.8 Å². The van der Waals surface area contributed by atoms with Crippen molar-refractivity contribution in [2.45, 2.75) is 77.7 Å². The third-order valence-electron chi connectivity index (χ3n) is 5.48. The summed E-state index contributed by atoms with van der Waals surface area (Å²) in [6.45, 7) is 4.07. The van der Waals surface area contributed by atoms with Crippen molar-refractivity contribution in [3.05, 3.63) is 40.9 Å². The average molecular weight is 415 g/mol. The van der Waals surface area contributed by atoms with E-state index in [0.717, 1.165) is 43.5 Å². The molecule has 30 heavy (non-hydrogen) atoms. The summed E-state index contributed by atoms with van der Waals surface area (Å²) >= 11 is 0. The molecule has 0 aromatic carbocycles. The van der Waals surface area contributed by atoms with Crippen LogP contribution in [0.1, 0.15) is 75.0 Å². The predicted molar refractivity (Wildman–Crippen MR) is 116 cm³/mol. The van der Waals surface area contributed by atoms with Gasteiger partial charge in [-0.1, -0.05) is 24.9 Å². The van der Waals surface area contributed by atoms with E-state index in [9.17, 15) is 0 Å². The summed E-state index contributed by atoms with van der Waals surface area (Å²) in [5.41, 5.74) is 9.10. The van der Waals surface area contributed by atoms with E-state index in [0.29, 0.717) is 35.2 Å². The van der Waals surface area contributed by atoms with Crippen molar-refractivity contribution in [3.8, 4) is 5.75 Å². The molecule has 164 valence electrons. The standard InChI is InChI=1S/C22H34N6O2/c1-4-5-11-21-26-20(27-30-21)14-18(28(3)24)22(23)17-12-13-19(15(2)25-17)29-16-9-7-6-8-10-16/h12-13,16H,4-11,14,23-24H2,1-3H3/b22-18-. The van der Waals surface area contributed by atoms with Gasteiger partial charge >= 0.3 is 0 Å². The summed E-state index contributed by atoms with van der Waals surface area (Å²) in [4.78, 5) is 9.13. The Hall–Kier alpha value is -2.61. The van der Waals surface area contributed by atoms with Crippen molar-refractivity contribution < 1.29 is 9.26 Å². The maximum absolute atomic E-state index is 6.45. The highest BCUT2D eigenvalue weighted by molar-refractivity contribution is 5.63. The van der Waals surface area contributed by atoms with Gasteiger partial charge < -0.3 is 20.0 Å². The normalized spacial score (nSPS) is 15.7. The molecule has 0 atom stereocenters. The number of aryl methyl sites for hydroxylation is 2. The van der Waals surface area contributed by atoms with E-state index in [1.165, 1.54) is 24.3 Å². The molecular formula is C22H34N6O2. The van der Waals surface area contributed by atoms with Crippen LogP contribution in [0.4, 0.5) is 0 Å². The zero-order valence-electron chi connectivity index (χ0n) is 18.4. The van der Waals surface area contributed by atoms with Crippen LogP contribution < -0.4 is 16.3 Å². The number of likely N-dealkylation sites (N-methyl/N-ethyl adjacent to an activating group) is 1. The quantitative estimate of drug-likeness (QED) is 0.473. The minimum Gasteiger partial charge on any atom is -0.489 e. The lowest BCUT2D eigenvalue weighted by atomic mass is 9.98. The van der Waals surface area contributed by atoms with Crippen molar-refractivity contribution in [2.75, 3.05) is 7.05 Å². The maximum Gasteiger partial charge on any atom is 0.226 e. The van der Waals surface area contributed by atoms with Gasteiger partial charge in [0.05, 0.1) is 35.3 Å². The SMILES string of the molecule is CCCCc1nc(C/C(=C(/N)c2ccc(OC3CCCCC3)c(C)n2)N(C)N)no1. The number of aromatic nitrogens is 3. The molecule has 0 radical (unpaired) electrons. The molecular weight excluding hydrogens is 380 g/mol. The molecule has 1 aliphatic carbocycles. The summed E-state index contributed by atoms with van der Waals surface area (Å²) in [5, 5.41) is 5.55. The first-order chi connectivity index (χ1) is 14.5. The van der Waals surface area contributed by atoms with Gasteiger partial charge in [0, 0.05) is 13.5 Å². The maximum atomic E-state index is 6.45. The number of rotatable bonds is 9.